The van der Waals surface area contributed by atoms with E-state index in [-0.39, 0.29) is 23.1 Å². The molecular weight excluding hydrogens is 248 g/mol. The summed E-state index contributed by atoms with van der Waals surface area (Å²) in [5, 5.41) is 19.4. The van der Waals surface area contributed by atoms with E-state index in [4.69, 9.17) is 17.3 Å². The van der Waals surface area contributed by atoms with Gasteiger partial charge in [-0.2, -0.15) is 0 Å². The Bertz CT molecular complexity index is 413. The van der Waals surface area contributed by atoms with E-state index in [0.717, 1.165) is 0 Å². The third-order valence-corrected chi connectivity index (χ3v) is 2.24. The molecule has 0 aliphatic rings. The van der Waals surface area contributed by atoms with Crippen LogP contribution in [0.15, 0.2) is 12.1 Å². The fraction of sp³-hybridized carbons (Fsp3) is 0.400. The lowest BCUT2D eigenvalue weighted by molar-refractivity contribution is -0.159. The van der Waals surface area contributed by atoms with Gasteiger partial charge in [0.1, 0.15) is 11.3 Å². The van der Waals surface area contributed by atoms with E-state index in [1.165, 1.54) is 12.1 Å². The Labute approximate surface area is 103 Å². The molecule has 0 radical (unpaired) electrons. The van der Waals surface area contributed by atoms with Crippen LogP contribution in [0, 0.1) is 0 Å². The number of ether oxygens (including phenoxy) is 1. The van der Waals surface area contributed by atoms with Gasteiger partial charge in [0, 0.05) is 0 Å². The Kier molecular flexibility index (Phi) is 4.68. The van der Waals surface area contributed by atoms with Gasteiger partial charge in [0.05, 0.1) is 18.0 Å². The lowest BCUT2D eigenvalue weighted by Crippen LogP contribution is -2.30. The van der Waals surface area contributed by atoms with Gasteiger partial charge in [-0.25, -0.2) is 9.78 Å². The molecule has 0 saturated carbocycles. The zero-order valence-electron chi connectivity index (χ0n) is 9.13. The number of anilines is 1. The summed E-state index contributed by atoms with van der Waals surface area (Å²) in [6, 6.07) is 2.86. The van der Waals surface area contributed by atoms with Crippen LogP contribution in [0.5, 0.6) is 0 Å². The quantitative estimate of drug-likeness (QED) is 0.530. The summed E-state index contributed by atoms with van der Waals surface area (Å²) in [5.74, 6) is -0.943. The summed E-state index contributed by atoms with van der Waals surface area (Å²) in [4.78, 5) is 15.0. The highest BCUT2D eigenvalue weighted by atomic mass is 35.5. The van der Waals surface area contributed by atoms with Crippen molar-refractivity contribution in [3.8, 4) is 0 Å². The van der Waals surface area contributed by atoms with Gasteiger partial charge in [-0.1, -0.05) is 11.6 Å². The number of rotatable bonds is 4. The van der Waals surface area contributed by atoms with Crippen molar-refractivity contribution in [1.29, 1.82) is 0 Å². The molecule has 0 amide bonds. The Balaban J connectivity index is 2.91. The standard InChI is InChI=1S/C10H13ClN2O4/c1-2-17-10(16)9(15)8(14)7-5(12)3-4-6(11)13-7/h3-4,8-9,14-15H,2,12H2,1H3. The number of esters is 1. The number of hydrogen-bond donors (Lipinski definition) is 3. The summed E-state index contributed by atoms with van der Waals surface area (Å²) in [7, 11) is 0. The van der Waals surface area contributed by atoms with Crippen molar-refractivity contribution in [1.82, 2.24) is 4.98 Å². The third-order valence-electron chi connectivity index (χ3n) is 2.03. The molecule has 0 aromatic carbocycles. The maximum absolute atomic E-state index is 11.2. The number of hydrogen-bond acceptors (Lipinski definition) is 6. The fourth-order valence-electron chi connectivity index (χ4n) is 1.20. The number of aliphatic hydroxyl groups is 2. The van der Waals surface area contributed by atoms with Crippen molar-refractivity contribution in [3.05, 3.63) is 23.0 Å². The number of carbonyl (C=O) groups is 1. The topological polar surface area (TPSA) is 106 Å². The summed E-state index contributed by atoms with van der Waals surface area (Å²) < 4.78 is 4.57. The Hall–Kier alpha value is -1.37. The number of carbonyl (C=O) groups excluding carboxylic acids is 1. The SMILES string of the molecule is CCOC(=O)C(O)C(O)c1nc(Cl)ccc1N. The molecule has 0 saturated heterocycles. The van der Waals surface area contributed by atoms with Gasteiger partial charge in [-0.15, -0.1) is 0 Å². The zero-order chi connectivity index (χ0) is 13.0. The van der Waals surface area contributed by atoms with Crippen molar-refractivity contribution < 1.29 is 19.7 Å². The number of aliphatic hydroxyl groups excluding tert-OH is 2. The number of aromatic nitrogens is 1. The van der Waals surface area contributed by atoms with E-state index >= 15 is 0 Å². The van der Waals surface area contributed by atoms with E-state index in [9.17, 15) is 15.0 Å². The second-order valence-corrected chi connectivity index (χ2v) is 3.64. The minimum absolute atomic E-state index is 0.0574. The van der Waals surface area contributed by atoms with Gasteiger partial charge in [0.25, 0.3) is 0 Å². The lowest BCUT2D eigenvalue weighted by Gasteiger charge is -2.17. The Morgan fingerprint density at radius 2 is 2.24 bits per heavy atom. The predicted molar refractivity (Wildman–Crippen MR) is 61.3 cm³/mol. The second kappa shape index (κ2) is 5.81. The summed E-state index contributed by atoms with van der Waals surface area (Å²) in [5.41, 5.74) is 5.63. The van der Waals surface area contributed by atoms with E-state index in [1.807, 2.05) is 0 Å². The van der Waals surface area contributed by atoms with Gasteiger partial charge >= 0.3 is 5.97 Å². The molecule has 0 aliphatic carbocycles. The van der Waals surface area contributed by atoms with E-state index in [2.05, 4.69) is 9.72 Å². The molecule has 0 aliphatic heterocycles. The van der Waals surface area contributed by atoms with Gasteiger partial charge < -0.3 is 20.7 Å². The molecule has 7 heteroatoms. The van der Waals surface area contributed by atoms with E-state index < -0.39 is 18.2 Å². The molecule has 0 spiro atoms. The fourth-order valence-corrected chi connectivity index (χ4v) is 1.36. The maximum Gasteiger partial charge on any atom is 0.338 e. The van der Waals surface area contributed by atoms with Crippen LogP contribution in [0.1, 0.15) is 18.7 Å². The normalized spacial score (nSPS) is 14.1. The molecule has 6 nitrogen and oxygen atoms in total. The summed E-state index contributed by atoms with van der Waals surface area (Å²) in [6.07, 6.45) is -3.32. The van der Waals surface area contributed by atoms with Crippen molar-refractivity contribution in [2.45, 2.75) is 19.1 Å². The van der Waals surface area contributed by atoms with Gasteiger partial charge in [0.2, 0.25) is 0 Å². The predicted octanol–water partition coefficient (Wildman–Crippen LogP) is 0.275. The highest BCUT2D eigenvalue weighted by Gasteiger charge is 2.29. The van der Waals surface area contributed by atoms with Crippen molar-refractivity contribution >= 4 is 23.3 Å². The molecule has 2 atom stereocenters. The van der Waals surface area contributed by atoms with Crippen LogP contribution in [0.4, 0.5) is 5.69 Å². The maximum atomic E-state index is 11.2. The molecule has 1 aromatic heterocycles. The minimum Gasteiger partial charge on any atom is -0.464 e. The molecule has 94 valence electrons. The van der Waals surface area contributed by atoms with Crippen LogP contribution in [0.2, 0.25) is 5.15 Å². The number of pyridine rings is 1. The molecular formula is C10H13ClN2O4. The number of nitrogens with two attached hydrogens (primary N) is 1. The monoisotopic (exact) mass is 260 g/mol. The van der Waals surface area contributed by atoms with Crippen molar-refractivity contribution in [2.75, 3.05) is 12.3 Å². The molecule has 4 N–H and O–H groups in total. The van der Waals surface area contributed by atoms with Crippen molar-refractivity contribution in [3.63, 3.8) is 0 Å². The molecule has 2 unspecified atom stereocenters. The van der Waals surface area contributed by atoms with Gasteiger partial charge in [0.15, 0.2) is 6.10 Å². The number of nitrogens with zero attached hydrogens (tertiary/aromatic N) is 1. The number of nitrogen functional groups attached to an aromatic ring is 1. The van der Waals surface area contributed by atoms with Crippen LogP contribution in [-0.4, -0.2) is 33.9 Å². The first-order chi connectivity index (χ1) is 7.97. The van der Waals surface area contributed by atoms with E-state index in [0.29, 0.717) is 0 Å². The van der Waals surface area contributed by atoms with Crippen LogP contribution < -0.4 is 5.73 Å². The molecule has 1 heterocycles. The third kappa shape index (κ3) is 3.29. The van der Waals surface area contributed by atoms with Gasteiger partial charge in [-0.05, 0) is 19.1 Å². The number of halogens is 1. The molecule has 0 bridgehead atoms. The Morgan fingerprint density at radius 1 is 1.59 bits per heavy atom. The Morgan fingerprint density at radius 3 is 2.82 bits per heavy atom. The van der Waals surface area contributed by atoms with Crippen LogP contribution in [-0.2, 0) is 9.53 Å². The lowest BCUT2D eigenvalue weighted by atomic mass is 10.1. The minimum atomic E-state index is -1.75. The zero-order valence-corrected chi connectivity index (χ0v) is 9.89. The van der Waals surface area contributed by atoms with E-state index in [1.54, 1.807) is 6.92 Å². The molecule has 1 rings (SSSR count). The van der Waals surface area contributed by atoms with Crippen LogP contribution >= 0.6 is 11.6 Å². The highest BCUT2D eigenvalue weighted by molar-refractivity contribution is 6.29. The van der Waals surface area contributed by atoms with Crippen LogP contribution in [0.3, 0.4) is 0 Å². The highest BCUT2D eigenvalue weighted by Crippen LogP contribution is 2.23. The summed E-state index contributed by atoms with van der Waals surface area (Å²) in [6.45, 7) is 1.68. The second-order valence-electron chi connectivity index (χ2n) is 3.25. The molecule has 0 fully saturated rings. The first-order valence-corrected chi connectivity index (χ1v) is 5.29. The van der Waals surface area contributed by atoms with Crippen molar-refractivity contribution in [2.24, 2.45) is 0 Å². The van der Waals surface area contributed by atoms with Gasteiger partial charge in [-0.3, -0.25) is 0 Å². The summed E-state index contributed by atoms with van der Waals surface area (Å²) >= 11 is 5.63. The first-order valence-electron chi connectivity index (χ1n) is 4.92. The average Bonchev–Trinajstić information content (AvgIpc) is 2.30. The molecule has 17 heavy (non-hydrogen) atoms. The van der Waals surface area contributed by atoms with Crippen LogP contribution in [0.25, 0.3) is 0 Å². The smallest absolute Gasteiger partial charge is 0.338 e. The average molecular weight is 261 g/mol. The first kappa shape index (κ1) is 13.7. The molecule has 1 aromatic rings. The largest absolute Gasteiger partial charge is 0.464 e.